The standard InChI is InChI=1S/C19H26FN3O3/c1-22(15-6-10-26-11-7-15)18(24)12-17-19(25)21-8-9-23(17)13-14-4-2-3-5-16(14)20/h2-5,15,17H,6-13H2,1H3,(H,21,25)/t17-/m1/s1. The summed E-state index contributed by atoms with van der Waals surface area (Å²) in [6.07, 6.45) is 1.74. The Morgan fingerprint density at radius 1 is 1.35 bits per heavy atom. The maximum absolute atomic E-state index is 14.0. The van der Waals surface area contributed by atoms with Gasteiger partial charge in [-0.15, -0.1) is 0 Å². The first kappa shape index (κ1) is 18.8. The molecule has 142 valence electrons. The summed E-state index contributed by atoms with van der Waals surface area (Å²) in [5.41, 5.74) is 0.539. The van der Waals surface area contributed by atoms with Crippen LogP contribution >= 0.6 is 0 Å². The van der Waals surface area contributed by atoms with Crippen LogP contribution in [0.4, 0.5) is 4.39 Å². The van der Waals surface area contributed by atoms with E-state index in [2.05, 4.69) is 5.32 Å². The average molecular weight is 363 g/mol. The number of carbonyl (C=O) groups excluding carboxylic acids is 2. The SMILES string of the molecule is CN(C(=O)C[C@@H]1C(=O)NCCN1Cc1ccccc1F)C1CCOCC1. The molecule has 0 spiro atoms. The van der Waals surface area contributed by atoms with Crippen LogP contribution in [0.1, 0.15) is 24.8 Å². The van der Waals surface area contributed by atoms with Gasteiger partial charge in [0.1, 0.15) is 5.82 Å². The van der Waals surface area contributed by atoms with Crippen molar-refractivity contribution in [1.82, 2.24) is 15.1 Å². The highest BCUT2D eigenvalue weighted by Gasteiger charge is 2.34. The van der Waals surface area contributed by atoms with Gasteiger partial charge >= 0.3 is 0 Å². The van der Waals surface area contributed by atoms with Crippen LogP contribution in [-0.2, 0) is 20.9 Å². The summed E-state index contributed by atoms with van der Waals surface area (Å²) >= 11 is 0. The van der Waals surface area contributed by atoms with E-state index in [1.54, 1.807) is 30.1 Å². The van der Waals surface area contributed by atoms with Crippen molar-refractivity contribution in [3.63, 3.8) is 0 Å². The van der Waals surface area contributed by atoms with Crippen molar-refractivity contribution in [2.24, 2.45) is 0 Å². The lowest BCUT2D eigenvalue weighted by atomic mass is 10.0. The molecular formula is C19H26FN3O3. The summed E-state index contributed by atoms with van der Waals surface area (Å²) in [5.74, 6) is -0.512. The number of nitrogens with one attached hydrogen (secondary N) is 1. The van der Waals surface area contributed by atoms with E-state index in [0.29, 0.717) is 38.4 Å². The molecule has 7 heteroatoms. The van der Waals surface area contributed by atoms with E-state index in [-0.39, 0.29) is 30.1 Å². The smallest absolute Gasteiger partial charge is 0.237 e. The predicted octanol–water partition coefficient (Wildman–Crippen LogP) is 1.15. The second-order valence-electron chi connectivity index (χ2n) is 6.92. The number of hydrogen-bond acceptors (Lipinski definition) is 4. The Hall–Kier alpha value is -1.99. The van der Waals surface area contributed by atoms with Crippen LogP contribution in [0.5, 0.6) is 0 Å². The van der Waals surface area contributed by atoms with Crippen LogP contribution in [0.2, 0.25) is 0 Å². The Morgan fingerprint density at radius 3 is 2.81 bits per heavy atom. The van der Waals surface area contributed by atoms with E-state index < -0.39 is 6.04 Å². The van der Waals surface area contributed by atoms with Gasteiger partial charge in [0.2, 0.25) is 11.8 Å². The number of nitrogens with zero attached hydrogens (tertiary/aromatic N) is 2. The topological polar surface area (TPSA) is 61.9 Å². The monoisotopic (exact) mass is 363 g/mol. The van der Waals surface area contributed by atoms with Gasteiger partial charge in [0, 0.05) is 51.5 Å². The first-order chi connectivity index (χ1) is 12.6. The highest BCUT2D eigenvalue weighted by atomic mass is 19.1. The number of benzene rings is 1. The zero-order valence-electron chi connectivity index (χ0n) is 15.1. The third-order valence-corrected chi connectivity index (χ3v) is 5.27. The number of ether oxygens (including phenoxy) is 1. The molecule has 2 saturated heterocycles. The Bertz CT molecular complexity index is 649. The van der Waals surface area contributed by atoms with E-state index in [0.717, 1.165) is 12.8 Å². The first-order valence-electron chi connectivity index (χ1n) is 9.15. The molecular weight excluding hydrogens is 337 g/mol. The van der Waals surface area contributed by atoms with Gasteiger partial charge in [0.25, 0.3) is 0 Å². The van der Waals surface area contributed by atoms with Crippen LogP contribution in [0.25, 0.3) is 0 Å². The van der Waals surface area contributed by atoms with Crippen molar-refractivity contribution < 1.29 is 18.7 Å². The summed E-state index contributed by atoms with van der Waals surface area (Å²) in [6.45, 7) is 2.74. The minimum Gasteiger partial charge on any atom is -0.381 e. The van der Waals surface area contributed by atoms with Gasteiger partial charge < -0.3 is 15.0 Å². The number of amides is 2. The second-order valence-corrected chi connectivity index (χ2v) is 6.92. The molecule has 0 aromatic heterocycles. The quantitative estimate of drug-likeness (QED) is 0.853. The fraction of sp³-hybridized carbons (Fsp3) is 0.579. The van der Waals surface area contributed by atoms with E-state index >= 15 is 0 Å². The van der Waals surface area contributed by atoms with Gasteiger partial charge in [-0.1, -0.05) is 18.2 Å². The molecule has 2 amide bonds. The Kier molecular flexibility index (Phi) is 6.21. The molecule has 1 aromatic rings. The molecule has 2 fully saturated rings. The summed E-state index contributed by atoms with van der Waals surface area (Å²) < 4.78 is 19.3. The highest BCUT2D eigenvalue weighted by molar-refractivity contribution is 5.88. The summed E-state index contributed by atoms with van der Waals surface area (Å²) in [6, 6.07) is 6.14. The minimum absolute atomic E-state index is 0.0579. The zero-order valence-corrected chi connectivity index (χ0v) is 15.1. The first-order valence-corrected chi connectivity index (χ1v) is 9.15. The van der Waals surface area contributed by atoms with Crippen LogP contribution < -0.4 is 5.32 Å². The molecule has 1 aromatic carbocycles. The van der Waals surface area contributed by atoms with Crippen LogP contribution in [-0.4, -0.2) is 67.0 Å². The van der Waals surface area contributed by atoms with E-state index in [4.69, 9.17) is 4.74 Å². The zero-order chi connectivity index (χ0) is 18.5. The second kappa shape index (κ2) is 8.60. The largest absolute Gasteiger partial charge is 0.381 e. The number of rotatable bonds is 5. The Balaban J connectivity index is 1.67. The van der Waals surface area contributed by atoms with E-state index in [1.807, 2.05) is 4.90 Å². The molecule has 3 rings (SSSR count). The van der Waals surface area contributed by atoms with Crippen LogP contribution in [0, 0.1) is 5.82 Å². The van der Waals surface area contributed by atoms with Crippen molar-refractivity contribution in [2.45, 2.75) is 37.9 Å². The van der Waals surface area contributed by atoms with E-state index in [1.165, 1.54) is 6.07 Å². The lowest BCUT2D eigenvalue weighted by Crippen LogP contribution is -2.56. The molecule has 2 aliphatic rings. The van der Waals surface area contributed by atoms with Gasteiger partial charge in [-0.05, 0) is 18.9 Å². The van der Waals surface area contributed by atoms with Crippen molar-refractivity contribution >= 4 is 11.8 Å². The maximum Gasteiger partial charge on any atom is 0.237 e. The molecule has 0 bridgehead atoms. The van der Waals surface area contributed by atoms with Crippen molar-refractivity contribution in [3.8, 4) is 0 Å². The molecule has 26 heavy (non-hydrogen) atoms. The maximum atomic E-state index is 14.0. The van der Waals surface area contributed by atoms with Gasteiger partial charge in [-0.2, -0.15) is 0 Å². The highest BCUT2D eigenvalue weighted by Crippen LogP contribution is 2.19. The molecule has 6 nitrogen and oxygen atoms in total. The van der Waals surface area contributed by atoms with Crippen LogP contribution in [0.15, 0.2) is 24.3 Å². The summed E-state index contributed by atoms with van der Waals surface area (Å²) in [5, 5.41) is 2.82. The van der Waals surface area contributed by atoms with Gasteiger partial charge in [-0.3, -0.25) is 14.5 Å². The Morgan fingerprint density at radius 2 is 2.08 bits per heavy atom. The van der Waals surface area contributed by atoms with Crippen LogP contribution in [0.3, 0.4) is 0 Å². The summed E-state index contributed by atoms with van der Waals surface area (Å²) in [7, 11) is 1.79. The third-order valence-electron chi connectivity index (χ3n) is 5.27. The van der Waals surface area contributed by atoms with Gasteiger partial charge in [0.15, 0.2) is 0 Å². The molecule has 1 N–H and O–H groups in total. The number of piperazine rings is 1. The number of carbonyl (C=O) groups is 2. The number of hydrogen-bond donors (Lipinski definition) is 1. The third kappa shape index (κ3) is 4.40. The summed E-state index contributed by atoms with van der Waals surface area (Å²) in [4.78, 5) is 28.7. The predicted molar refractivity (Wildman–Crippen MR) is 94.8 cm³/mol. The molecule has 0 saturated carbocycles. The molecule has 0 unspecified atom stereocenters. The molecule has 2 heterocycles. The molecule has 2 aliphatic heterocycles. The van der Waals surface area contributed by atoms with Crippen molar-refractivity contribution in [1.29, 1.82) is 0 Å². The fourth-order valence-electron chi connectivity index (χ4n) is 3.60. The number of halogens is 1. The fourth-order valence-corrected chi connectivity index (χ4v) is 3.60. The molecule has 1 atom stereocenters. The lowest BCUT2D eigenvalue weighted by Gasteiger charge is -2.37. The molecule has 0 radical (unpaired) electrons. The van der Waals surface area contributed by atoms with Crippen molar-refractivity contribution in [2.75, 3.05) is 33.4 Å². The Labute approximate surface area is 153 Å². The van der Waals surface area contributed by atoms with E-state index in [9.17, 15) is 14.0 Å². The van der Waals surface area contributed by atoms with Gasteiger partial charge in [-0.25, -0.2) is 4.39 Å². The van der Waals surface area contributed by atoms with Gasteiger partial charge in [0.05, 0.1) is 12.5 Å². The normalized spacial score (nSPS) is 22.1. The van der Waals surface area contributed by atoms with Crippen molar-refractivity contribution in [3.05, 3.63) is 35.6 Å². The lowest BCUT2D eigenvalue weighted by molar-refractivity contribution is -0.140. The molecule has 0 aliphatic carbocycles. The minimum atomic E-state index is -0.571. The average Bonchev–Trinajstić information content (AvgIpc) is 2.66.